The number of hydrogen-bond acceptors (Lipinski definition) is 3. The maximum atomic E-state index is 13.0. The van der Waals surface area contributed by atoms with Gasteiger partial charge in [0.05, 0.1) is 0 Å². The molecule has 2 rings (SSSR count). The van der Waals surface area contributed by atoms with Crippen molar-refractivity contribution in [1.29, 1.82) is 0 Å². The maximum absolute atomic E-state index is 13.0. The molecule has 0 aromatic heterocycles. The van der Waals surface area contributed by atoms with Crippen molar-refractivity contribution in [1.82, 2.24) is 4.31 Å². The Morgan fingerprint density at radius 2 is 1.52 bits per heavy atom. The van der Waals surface area contributed by atoms with Gasteiger partial charge in [0, 0.05) is 0 Å². The Hall–Kier alpha value is -0.371. The normalized spacial score (nSPS) is 19.9. The van der Waals surface area contributed by atoms with Gasteiger partial charge < -0.3 is 0 Å². The third-order valence-electron chi connectivity index (χ3n) is 6.12. The first-order valence-electron chi connectivity index (χ1n) is 11.3. The van der Waals surface area contributed by atoms with Crippen molar-refractivity contribution in [2.75, 3.05) is 13.1 Å². The molecule has 0 saturated carbocycles. The van der Waals surface area contributed by atoms with Crippen LogP contribution in [0.25, 0.3) is 0 Å². The monoisotopic (exact) mass is 529 g/mol. The van der Waals surface area contributed by atoms with E-state index in [2.05, 4.69) is 24.9 Å². The summed E-state index contributed by atoms with van der Waals surface area (Å²) in [6.07, 6.45) is 6.74. The van der Waals surface area contributed by atoms with E-state index in [1.54, 1.807) is 24.3 Å². The summed E-state index contributed by atoms with van der Waals surface area (Å²) >= 11 is -2.57. The first kappa shape index (κ1) is 24.9. The van der Waals surface area contributed by atoms with E-state index < -0.39 is 34.5 Å². The Labute approximate surface area is 182 Å². The second kappa shape index (κ2) is 11.9. The van der Waals surface area contributed by atoms with Crippen molar-refractivity contribution in [3.05, 3.63) is 40.0 Å². The number of unbranched alkanes of at least 4 members (excludes halogenated alkanes) is 3. The van der Waals surface area contributed by atoms with E-state index in [-0.39, 0.29) is 6.54 Å². The van der Waals surface area contributed by atoms with Gasteiger partial charge >= 0.3 is 183 Å². The molecule has 164 valence electrons. The molecule has 1 aromatic carbocycles. The average molecular weight is 528 g/mol. The van der Waals surface area contributed by atoms with Crippen LogP contribution in [0.4, 0.5) is 0 Å². The molecular formula is C23H39NO3SSn. The van der Waals surface area contributed by atoms with Crippen LogP contribution in [-0.4, -0.2) is 55.4 Å². The van der Waals surface area contributed by atoms with Crippen molar-refractivity contribution < 1.29 is 13.5 Å². The predicted molar refractivity (Wildman–Crippen MR) is 124 cm³/mol. The quantitative estimate of drug-likeness (QED) is 0.372. The van der Waals surface area contributed by atoms with Crippen LogP contribution in [-0.2, 0) is 10.0 Å². The van der Waals surface area contributed by atoms with E-state index >= 15 is 0 Å². The van der Waals surface area contributed by atoms with Crippen LogP contribution in [0.5, 0.6) is 0 Å². The van der Waals surface area contributed by atoms with E-state index in [1.165, 1.54) is 56.1 Å². The Kier molecular flexibility index (Phi) is 10.2. The van der Waals surface area contributed by atoms with E-state index in [9.17, 15) is 13.5 Å². The van der Waals surface area contributed by atoms with E-state index in [0.717, 1.165) is 5.57 Å². The fourth-order valence-corrected chi connectivity index (χ4v) is 21.3. The van der Waals surface area contributed by atoms with Crippen LogP contribution < -0.4 is 0 Å². The molecule has 0 amide bonds. The zero-order valence-electron chi connectivity index (χ0n) is 18.4. The summed E-state index contributed by atoms with van der Waals surface area (Å²) in [5, 5.41) is 10.8. The molecular weight excluding hydrogens is 489 g/mol. The molecule has 1 fully saturated rings. The summed E-state index contributed by atoms with van der Waals surface area (Å²) in [4.78, 5) is 0.311. The van der Waals surface area contributed by atoms with Crippen LogP contribution in [0.15, 0.2) is 44.9 Å². The van der Waals surface area contributed by atoms with Gasteiger partial charge in [0.1, 0.15) is 0 Å². The number of benzene rings is 1. The molecule has 6 heteroatoms. The summed E-state index contributed by atoms with van der Waals surface area (Å²) in [6, 6.07) is 8.59. The topological polar surface area (TPSA) is 57.6 Å². The molecule has 1 N–H and O–H groups in total. The molecule has 0 radical (unpaired) electrons. The number of hydrogen-bond donors (Lipinski definition) is 1. The molecule has 29 heavy (non-hydrogen) atoms. The SMILES string of the molecule is CCC[CH2][Sn](/[CH]=C1\CN(S(=O)(=O)c2ccccc2)CC1O)([CH2]CCC)[CH2]CCC. The summed E-state index contributed by atoms with van der Waals surface area (Å²) in [6.45, 7) is 7.29. The molecule has 1 unspecified atom stereocenters. The van der Waals surface area contributed by atoms with E-state index in [1.807, 2.05) is 6.07 Å². The summed E-state index contributed by atoms with van der Waals surface area (Å²) in [5.74, 6) is 0. The Morgan fingerprint density at radius 3 is 2.00 bits per heavy atom. The van der Waals surface area contributed by atoms with E-state index in [0.29, 0.717) is 11.4 Å². The van der Waals surface area contributed by atoms with Crippen molar-refractivity contribution >= 4 is 28.4 Å². The number of nitrogens with zero attached hydrogens (tertiary/aromatic N) is 1. The van der Waals surface area contributed by atoms with Crippen LogP contribution in [0.1, 0.15) is 59.3 Å². The van der Waals surface area contributed by atoms with Crippen LogP contribution in [0.3, 0.4) is 0 Å². The third kappa shape index (κ3) is 6.81. The minimum absolute atomic E-state index is 0.181. The second-order valence-electron chi connectivity index (χ2n) is 8.52. The van der Waals surface area contributed by atoms with Gasteiger partial charge in [-0.25, -0.2) is 0 Å². The summed E-state index contributed by atoms with van der Waals surface area (Å²) in [5.41, 5.74) is 0.976. The first-order chi connectivity index (χ1) is 13.9. The van der Waals surface area contributed by atoms with Crippen LogP contribution in [0.2, 0.25) is 13.3 Å². The van der Waals surface area contributed by atoms with Gasteiger partial charge in [-0.2, -0.15) is 0 Å². The van der Waals surface area contributed by atoms with Gasteiger partial charge in [-0.1, -0.05) is 0 Å². The van der Waals surface area contributed by atoms with Crippen molar-refractivity contribution in [3.8, 4) is 0 Å². The van der Waals surface area contributed by atoms with Gasteiger partial charge in [-0.3, -0.25) is 0 Å². The van der Waals surface area contributed by atoms with Crippen LogP contribution in [0, 0.1) is 0 Å². The third-order valence-corrected chi connectivity index (χ3v) is 22.3. The van der Waals surface area contributed by atoms with Gasteiger partial charge in [-0.05, 0) is 0 Å². The predicted octanol–water partition coefficient (Wildman–Crippen LogP) is 5.37. The summed E-state index contributed by atoms with van der Waals surface area (Å²) < 4.78 is 34.0. The molecule has 1 aliphatic heterocycles. The molecule has 1 aliphatic rings. The zero-order valence-corrected chi connectivity index (χ0v) is 22.1. The van der Waals surface area contributed by atoms with Gasteiger partial charge in [-0.15, -0.1) is 0 Å². The molecule has 0 spiro atoms. The standard InChI is InChI=1S/C11H12NO3S.3C4H9.Sn/c1-9-7-12(8-11(9)13)16(14,15)10-5-3-2-4-6-10;3*1-3-4-2;/h1-6,11,13H,7-8H2;3*1,3-4H2,2H3;. The van der Waals surface area contributed by atoms with Gasteiger partial charge in [0.2, 0.25) is 0 Å². The number of aliphatic hydroxyl groups excluding tert-OH is 1. The molecule has 1 heterocycles. The first-order valence-corrected chi connectivity index (χ1v) is 20.5. The fourth-order valence-electron chi connectivity index (χ4n) is 4.32. The van der Waals surface area contributed by atoms with E-state index in [4.69, 9.17) is 0 Å². The van der Waals surface area contributed by atoms with Crippen molar-refractivity contribution in [2.24, 2.45) is 0 Å². The molecule has 1 aromatic rings. The molecule has 0 bridgehead atoms. The number of aliphatic hydroxyl groups is 1. The number of β-amino-alcohol motifs (C(OH)–C–C–N with tert-alkyl or cyclic N) is 1. The zero-order chi connectivity index (χ0) is 21.3. The summed E-state index contributed by atoms with van der Waals surface area (Å²) in [7, 11) is -3.56. The molecule has 4 nitrogen and oxygen atoms in total. The molecule has 0 aliphatic carbocycles. The Bertz CT molecular complexity index is 727. The van der Waals surface area contributed by atoms with Crippen LogP contribution >= 0.6 is 0 Å². The number of rotatable bonds is 12. The van der Waals surface area contributed by atoms with Crippen molar-refractivity contribution in [3.63, 3.8) is 0 Å². The average Bonchev–Trinajstić information content (AvgIpc) is 3.10. The van der Waals surface area contributed by atoms with Gasteiger partial charge in [0.25, 0.3) is 0 Å². The number of sulfonamides is 1. The Balaban J connectivity index is 2.30. The van der Waals surface area contributed by atoms with Crippen molar-refractivity contribution in [2.45, 2.75) is 83.6 Å². The van der Waals surface area contributed by atoms with Gasteiger partial charge in [0.15, 0.2) is 0 Å². The molecule has 1 atom stereocenters. The minimum atomic E-state index is -3.56. The second-order valence-corrected chi connectivity index (χ2v) is 23.3. The fraction of sp³-hybridized carbons (Fsp3) is 0.652. The molecule has 1 saturated heterocycles. The Morgan fingerprint density at radius 1 is 1.00 bits per heavy atom.